The Labute approximate surface area is 118 Å². The maximum atomic E-state index is 4.81. The fourth-order valence-corrected chi connectivity index (χ4v) is 2.12. The van der Waals surface area contributed by atoms with Crippen molar-refractivity contribution in [1.29, 1.82) is 0 Å². The lowest BCUT2D eigenvalue weighted by atomic mass is 10.0. The molecule has 0 aliphatic heterocycles. The first-order chi connectivity index (χ1) is 9.19. The molecular weight excluding hydrogens is 230 g/mol. The number of aryl methyl sites for hydroxylation is 2. The predicted octanol–water partition coefficient (Wildman–Crippen LogP) is 5.48. The van der Waals surface area contributed by atoms with E-state index in [1.165, 1.54) is 29.0 Å². The van der Waals surface area contributed by atoms with E-state index in [0.717, 1.165) is 25.7 Å². The van der Waals surface area contributed by atoms with Crippen LogP contribution in [0.4, 0.5) is 0 Å². The van der Waals surface area contributed by atoms with Crippen LogP contribution >= 0.6 is 0 Å². The average molecular weight is 257 g/mol. The van der Waals surface area contributed by atoms with Crippen LogP contribution in [0.2, 0.25) is 0 Å². The zero-order valence-corrected chi connectivity index (χ0v) is 12.9. The van der Waals surface area contributed by atoms with Crippen molar-refractivity contribution < 1.29 is 0 Å². The summed E-state index contributed by atoms with van der Waals surface area (Å²) in [5.41, 5.74) is 5.30. The zero-order chi connectivity index (χ0) is 14.1. The van der Waals surface area contributed by atoms with E-state index in [-0.39, 0.29) is 0 Å². The Morgan fingerprint density at radius 3 is 2.32 bits per heavy atom. The minimum atomic E-state index is 1.02. The molecule has 1 aromatic carbocycles. The second kappa shape index (κ2) is 8.68. The Morgan fingerprint density at radius 2 is 1.79 bits per heavy atom. The number of hydrogen-bond acceptors (Lipinski definition) is 1. The van der Waals surface area contributed by atoms with Gasteiger partial charge in [0.15, 0.2) is 0 Å². The first kappa shape index (κ1) is 15.7. The van der Waals surface area contributed by atoms with Gasteiger partial charge in [-0.2, -0.15) is 0 Å². The minimum Gasteiger partial charge on any atom is -0.263 e. The predicted molar refractivity (Wildman–Crippen MR) is 85.9 cm³/mol. The number of rotatable bonds is 7. The van der Waals surface area contributed by atoms with Gasteiger partial charge in [-0.1, -0.05) is 56.2 Å². The second-order valence-electron chi connectivity index (χ2n) is 5.05. The van der Waals surface area contributed by atoms with Crippen molar-refractivity contribution in [3.05, 3.63) is 47.2 Å². The van der Waals surface area contributed by atoms with Crippen molar-refractivity contribution in [2.24, 2.45) is 4.99 Å². The maximum Gasteiger partial charge on any atom is 0.0357 e. The lowest BCUT2D eigenvalue weighted by molar-refractivity contribution is 0.918. The normalized spacial score (nSPS) is 12.8. The maximum absolute atomic E-state index is 4.81. The van der Waals surface area contributed by atoms with Crippen LogP contribution in [-0.2, 0) is 6.42 Å². The summed E-state index contributed by atoms with van der Waals surface area (Å²) in [6, 6.07) is 8.84. The molecule has 1 rings (SSSR count). The van der Waals surface area contributed by atoms with E-state index in [1.807, 2.05) is 0 Å². The SMILES string of the molecule is C/C=C(/CC)N=C(CCC)CCc1ccc(C)cc1. The molecule has 1 heteroatoms. The third-order valence-electron chi connectivity index (χ3n) is 3.36. The molecule has 19 heavy (non-hydrogen) atoms. The molecule has 0 saturated heterocycles. The van der Waals surface area contributed by atoms with Crippen LogP contribution in [0.15, 0.2) is 41.0 Å². The summed E-state index contributed by atoms with van der Waals surface area (Å²) >= 11 is 0. The second-order valence-corrected chi connectivity index (χ2v) is 5.05. The van der Waals surface area contributed by atoms with Crippen LogP contribution < -0.4 is 0 Å². The van der Waals surface area contributed by atoms with Gasteiger partial charge in [0.05, 0.1) is 0 Å². The van der Waals surface area contributed by atoms with E-state index in [9.17, 15) is 0 Å². The van der Waals surface area contributed by atoms with E-state index < -0.39 is 0 Å². The molecule has 0 heterocycles. The van der Waals surface area contributed by atoms with Gasteiger partial charge in [0.1, 0.15) is 0 Å². The fourth-order valence-electron chi connectivity index (χ4n) is 2.12. The van der Waals surface area contributed by atoms with Crippen molar-refractivity contribution in [3.8, 4) is 0 Å². The highest BCUT2D eigenvalue weighted by Crippen LogP contribution is 2.11. The van der Waals surface area contributed by atoms with Crippen LogP contribution in [0.1, 0.15) is 57.6 Å². The Bertz CT molecular complexity index is 424. The molecule has 1 aromatic rings. The molecule has 0 atom stereocenters. The number of aliphatic imine (C=N–C) groups is 1. The summed E-state index contributed by atoms with van der Waals surface area (Å²) in [6.07, 6.45) is 7.61. The lowest BCUT2D eigenvalue weighted by Gasteiger charge is -2.07. The molecule has 0 amide bonds. The summed E-state index contributed by atoms with van der Waals surface area (Å²) in [4.78, 5) is 4.81. The smallest absolute Gasteiger partial charge is 0.0357 e. The van der Waals surface area contributed by atoms with Gasteiger partial charge < -0.3 is 0 Å². The molecule has 0 bridgehead atoms. The molecule has 0 aliphatic rings. The minimum absolute atomic E-state index is 1.02. The van der Waals surface area contributed by atoms with Gasteiger partial charge in [-0.15, -0.1) is 0 Å². The number of nitrogens with zero attached hydrogens (tertiary/aromatic N) is 1. The summed E-state index contributed by atoms with van der Waals surface area (Å²) in [6.45, 7) is 8.60. The molecular formula is C18H27N. The largest absolute Gasteiger partial charge is 0.263 e. The van der Waals surface area contributed by atoms with E-state index in [0.29, 0.717) is 0 Å². The molecule has 0 spiro atoms. The molecule has 0 fully saturated rings. The summed E-state index contributed by atoms with van der Waals surface area (Å²) < 4.78 is 0. The van der Waals surface area contributed by atoms with Gasteiger partial charge in [0.2, 0.25) is 0 Å². The molecule has 1 nitrogen and oxygen atoms in total. The first-order valence-electron chi connectivity index (χ1n) is 7.46. The highest BCUT2D eigenvalue weighted by Gasteiger charge is 2.01. The lowest BCUT2D eigenvalue weighted by Crippen LogP contribution is -2.01. The van der Waals surface area contributed by atoms with Gasteiger partial charge in [-0.05, 0) is 45.1 Å². The summed E-state index contributed by atoms with van der Waals surface area (Å²) in [7, 11) is 0. The number of allylic oxidation sites excluding steroid dienone is 2. The average Bonchev–Trinajstić information content (AvgIpc) is 2.43. The monoisotopic (exact) mass is 257 g/mol. The van der Waals surface area contributed by atoms with Gasteiger partial charge in [0.25, 0.3) is 0 Å². The van der Waals surface area contributed by atoms with Crippen LogP contribution in [0.5, 0.6) is 0 Å². The standard InChI is InChI=1S/C18H27N/c1-5-8-18(19-17(6-2)7-3)14-13-16-11-9-15(4)10-12-16/h6,9-12H,5,7-8,13-14H2,1-4H3/b17-6-,19-18?. The molecule has 0 aromatic heterocycles. The van der Waals surface area contributed by atoms with E-state index in [1.54, 1.807) is 0 Å². The zero-order valence-electron chi connectivity index (χ0n) is 12.9. The Morgan fingerprint density at radius 1 is 1.11 bits per heavy atom. The van der Waals surface area contributed by atoms with Crippen molar-refractivity contribution in [3.63, 3.8) is 0 Å². The fraction of sp³-hybridized carbons (Fsp3) is 0.500. The molecule has 0 N–H and O–H groups in total. The van der Waals surface area contributed by atoms with Crippen LogP contribution in [-0.4, -0.2) is 5.71 Å². The molecule has 104 valence electrons. The van der Waals surface area contributed by atoms with Crippen molar-refractivity contribution >= 4 is 5.71 Å². The summed E-state index contributed by atoms with van der Waals surface area (Å²) in [5, 5.41) is 0. The number of hydrogen-bond donors (Lipinski definition) is 0. The molecule has 0 saturated carbocycles. The summed E-state index contributed by atoms with van der Waals surface area (Å²) in [5.74, 6) is 0. The van der Waals surface area contributed by atoms with E-state index in [2.05, 4.69) is 58.0 Å². The van der Waals surface area contributed by atoms with Gasteiger partial charge in [-0.3, -0.25) is 4.99 Å². The van der Waals surface area contributed by atoms with Gasteiger partial charge in [0, 0.05) is 11.4 Å². The highest BCUT2D eigenvalue weighted by atomic mass is 14.8. The Balaban J connectivity index is 2.66. The van der Waals surface area contributed by atoms with E-state index >= 15 is 0 Å². The highest BCUT2D eigenvalue weighted by molar-refractivity contribution is 5.85. The molecule has 0 aliphatic carbocycles. The third-order valence-corrected chi connectivity index (χ3v) is 3.36. The number of benzene rings is 1. The Kier molecular flexibility index (Phi) is 7.17. The van der Waals surface area contributed by atoms with Crippen molar-refractivity contribution in [1.82, 2.24) is 0 Å². The van der Waals surface area contributed by atoms with Crippen LogP contribution in [0.25, 0.3) is 0 Å². The molecule has 0 radical (unpaired) electrons. The Hall–Kier alpha value is -1.37. The quantitative estimate of drug-likeness (QED) is 0.573. The third kappa shape index (κ3) is 5.87. The van der Waals surface area contributed by atoms with Crippen LogP contribution in [0.3, 0.4) is 0 Å². The molecule has 0 unspecified atom stereocenters. The van der Waals surface area contributed by atoms with Gasteiger partial charge >= 0.3 is 0 Å². The first-order valence-corrected chi connectivity index (χ1v) is 7.46. The topological polar surface area (TPSA) is 12.4 Å². The van der Waals surface area contributed by atoms with Crippen molar-refractivity contribution in [2.45, 2.75) is 59.8 Å². The van der Waals surface area contributed by atoms with Crippen LogP contribution in [0, 0.1) is 6.92 Å². The van der Waals surface area contributed by atoms with E-state index in [4.69, 9.17) is 4.99 Å². The van der Waals surface area contributed by atoms with Gasteiger partial charge in [-0.25, -0.2) is 0 Å². The van der Waals surface area contributed by atoms with Crippen molar-refractivity contribution in [2.75, 3.05) is 0 Å².